The Hall–Kier alpha value is -0.500. The molecule has 0 amide bonds. The third kappa shape index (κ3) is 1.24. The molecule has 0 saturated heterocycles. The predicted octanol–water partition coefficient (Wildman–Crippen LogP) is 3.12. The van der Waals surface area contributed by atoms with E-state index in [9.17, 15) is 0 Å². The number of fused-ring (bicyclic) bond motifs is 1. The lowest BCUT2D eigenvalue weighted by Crippen LogP contribution is -2.13. The fourth-order valence-electron chi connectivity index (χ4n) is 1.72. The molecule has 1 nitrogen and oxygen atoms in total. The molecule has 0 aromatic heterocycles. The van der Waals surface area contributed by atoms with Crippen LogP contribution < -0.4 is 5.32 Å². The van der Waals surface area contributed by atoms with Gasteiger partial charge < -0.3 is 5.32 Å². The zero-order valence-electron chi connectivity index (χ0n) is 7.15. The van der Waals surface area contributed by atoms with Crippen LogP contribution in [0.1, 0.15) is 17.5 Å². The van der Waals surface area contributed by atoms with E-state index in [0.29, 0.717) is 0 Å². The summed E-state index contributed by atoms with van der Waals surface area (Å²) in [6.45, 7) is 3.29. The number of rotatable bonds is 0. The number of hydrogen-bond acceptors (Lipinski definition) is 1. The molecule has 0 atom stereocenters. The van der Waals surface area contributed by atoms with E-state index >= 15 is 0 Å². The molecule has 0 unspecified atom stereocenters. The normalized spacial score (nSPS) is 15.2. The van der Waals surface area contributed by atoms with E-state index in [1.54, 1.807) is 0 Å². The maximum absolute atomic E-state index is 3.55. The maximum Gasteiger partial charge on any atom is 0.0519 e. The molecule has 2 heteroatoms. The molecule has 1 aliphatic rings. The summed E-state index contributed by atoms with van der Waals surface area (Å²) >= 11 is 3.55. The Morgan fingerprint density at radius 2 is 2.25 bits per heavy atom. The van der Waals surface area contributed by atoms with Crippen molar-refractivity contribution in [2.75, 3.05) is 11.9 Å². The smallest absolute Gasteiger partial charge is 0.0519 e. The highest BCUT2D eigenvalue weighted by Gasteiger charge is 2.12. The number of halogens is 1. The molecule has 1 aromatic carbocycles. The first-order valence-corrected chi connectivity index (χ1v) is 5.10. The van der Waals surface area contributed by atoms with E-state index in [1.807, 2.05) is 0 Å². The van der Waals surface area contributed by atoms with Crippen LogP contribution >= 0.6 is 15.9 Å². The van der Waals surface area contributed by atoms with Crippen molar-refractivity contribution >= 4 is 21.6 Å². The van der Waals surface area contributed by atoms with Crippen LogP contribution in [0.25, 0.3) is 0 Å². The Morgan fingerprint density at radius 3 is 3.00 bits per heavy atom. The van der Waals surface area contributed by atoms with Crippen LogP contribution in [0.4, 0.5) is 5.69 Å². The monoisotopic (exact) mass is 225 g/mol. The molecule has 0 radical (unpaired) electrons. The van der Waals surface area contributed by atoms with E-state index in [0.717, 1.165) is 6.54 Å². The first-order valence-electron chi connectivity index (χ1n) is 4.31. The lowest BCUT2D eigenvalue weighted by atomic mass is 9.99. The van der Waals surface area contributed by atoms with Gasteiger partial charge in [-0.2, -0.15) is 0 Å². The molecule has 1 N–H and O–H groups in total. The fourth-order valence-corrected chi connectivity index (χ4v) is 2.23. The van der Waals surface area contributed by atoms with Crippen LogP contribution in [0.5, 0.6) is 0 Å². The third-order valence-corrected chi connectivity index (χ3v) is 3.06. The van der Waals surface area contributed by atoms with Gasteiger partial charge in [0.2, 0.25) is 0 Å². The van der Waals surface area contributed by atoms with Gasteiger partial charge in [-0.25, -0.2) is 0 Å². The number of benzene rings is 1. The first-order chi connectivity index (χ1) is 5.79. The minimum Gasteiger partial charge on any atom is -0.384 e. The quantitative estimate of drug-likeness (QED) is 0.716. The molecule has 0 fully saturated rings. The molecule has 0 spiro atoms. The number of hydrogen-bond donors (Lipinski definition) is 1. The molecule has 2 rings (SSSR count). The summed E-state index contributed by atoms with van der Waals surface area (Å²) in [5.74, 6) is 0. The van der Waals surface area contributed by atoms with E-state index < -0.39 is 0 Å². The molecule has 0 aliphatic carbocycles. The summed E-state index contributed by atoms with van der Waals surface area (Å²) in [5.41, 5.74) is 4.19. The second-order valence-electron chi connectivity index (χ2n) is 3.25. The van der Waals surface area contributed by atoms with E-state index in [-0.39, 0.29) is 0 Å². The van der Waals surface area contributed by atoms with Crippen molar-refractivity contribution in [2.24, 2.45) is 0 Å². The van der Waals surface area contributed by atoms with Gasteiger partial charge in [0, 0.05) is 11.0 Å². The Labute approximate surface area is 81.3 Å². The first kappa shape index (κ1) is 8.11. The topological polar surface area (TPSA) is 12.0 Å². The summed E-state index contributed by atoms with van der Waals surface area (Å²) < 4.78 is 1.20. The van der Waals surface area contributed by atoms with Crippen molar-refractivity contribution in [3.8, 4) is 0 Å². The summed E-state index contributed by atoms with van der Waals surface area (Å²) in [7, 11) is 0. The van der Waals surface area contributed by atoms with Gasteiger partial charge in [-0.3, -0.25) is 0 Å². The van der Waals surface area contributed by atoms with Gasteiger partial charge in [0.15, 0.2) is 0 Å². The van der Waals surface area contributed by atoms with Gasteiger partial charge in [0.05, 0.1) is 5.69 Å². The summed E-state index contributed by atoms with van der Waals surface area (Å²) in [6, 6.07) is 4.29. The van der Waals surface area contributed by atoms with Crippen molar-refractivity contribution < 1.29 is 0 Å². The summed E-state index contributed by atoms with van der Waals surface area (Å²) in [4.78, 5) is 0. The van der Waals surface area contributed by atoms with Crippen molar-refractivity contribution in [1.29, 1.82) is 0 Å². The minimum atomic E-state index is 1.11. The number of aryl methyl sites for hydroxylation is 1. The molecular weight excluding hydrogens is 214 g/mol. The van der Waals surface area contributed by atoms with Crippen molar-refractivity contribution in [3.05, 3.63) is 27.7 Å². The van der Waals surface area contributed by atoms with Gasteiger partial charge in [-0.1, -0.05) is 6.07 Å². The molecule has 12 heavy (non-hydrogen) atoms. The van der Waals surface area contributed by atoms with Crippen LogP contribution in [0, 0.1) is 6.92 Å². The van der Waals surface area contributed by atoms with Gasteiger partial charge in [0.1, 0.15) is 0 Å². The Morgan fingerprint density at radius 1 is 1.42 bits per heavy atom. The Balaban J connectivity index is 2.57. The van der Waals surface area contributed by atoms with Crippen molar-refractivity contribution in [3.63, 3.8) is 0 Å². The summed E-state index contributed by atoms with van der Waals surface area (Å²) in [5, 5.41) is 3.42. The van der Waals surface area contributed by atoms with Crippen LogP contribution in [-0.2, 0) is 6.42 Å². The second kappa shape index (κ2) is 3.09. The largest absolute Gasteiger partial charge is 0.384 e. The Kier molecular flexibility index (Phi) is 2.09. The standard InChI is InChI=1S/C10H12BrN/c1-7-4-5-9(11)10-8(7)3-2-6-12-10/h4-5,12H,2-3,6H2,1H3. The predicted molar refractivity (Wildman–Crippen MR) is 55.7 cm³/mol. The van der Waals surface area contributed by atoms with Gasteiger partial charge in [-0.15, -0.1) is 0 Å². The molecule has 0 saturated carbocycles. The molecular formula is C10H12BrN. The lowest BCUT2D eigenvalue weighted by Gasteiger charge is -2.21. The van der Waals surface area contributed by atoms with Gasteiger partial charge in [-0.05, 0) is 52.9 Å². The van der Waals surface area contributed by atoms with Crippen molar-refractivity contribution in [2.45, 2.75) is 19.8 Å². The number of nitrogens with one attached hydrogen (secondary N) is 1. The van der Waals surface area contributed by atoms with Gasteiger partial charge in [0.25, 0.3) is 0 Å². The highest BCUT2D eigenvalue weighted by Crippen LogP contribution is 2.32. The summed E-state index contributed by atoms with van der Waals surface area (Å²) in [6.07, 6.45) is 2.47. The van der Waals surface area contributed by atoms with Crippen LogP contribution in [0.15, 0.2) is 16.6 Å². The molecule has 1 aliphatic heterocycles. The highest BCUT2D eigenvalue weighted by atomic mass is 79.9. The molecule has 1 heterocycles. The lowest BCUT2D eigenvalue weighted by molar-refractivity contribution is 0.822. The molecule has 64 valence electrons. The zero-order valence-corrected chi connectivity index (χ0v) is 8.74. The zero-order chi connectivity index (χ0) is 8.55. The van der Waals surface area contributed by atoms with E-state index in [2.05, 4.69) is 40.3 Å². The van der Waals surface area contributed by atoms with Crippen LogP contribution in [0.2, 0.25) is 0 Å². The van der Waals surface area contributed by atoms with E-state index in [1.165, 1.54) is 34.1 Å². The number of anilines is 1. The maximum atomic E-state index is 3.55. The van der Waals surface area contributed by atoms with Crippen LogP contribution in [-0.4, -0.2) is 6.54 Å². The fraction of sp³-hybridized carbons (Fsp3) is 0.400. The average molecular weight is 226 g/mol. The highest BCUT2D eigenvalue weighted by molar-refractivity contribution is 9.10. The van der Waals surface area contributed by atoms with Gasteiger partial charge >= 0.3 is 0 Å². The SMILES string of the molecule is Cc1ccc(Br)c2c1CCCN2. The molecule has 1 aromatic rings. The van der Waals surface area contributed by atoms with E-state index in [4.69, 9.17) is 0 Å². The third-order valence-electron chi connectivity index (χ3n) is 2.40. The van der Waals surface area contributed by atoms with Crippen molar-refractivity contribution in [1.82, 2.24) is 0 Å². The Bertz CT molecular complexity index is 276. The average Bonchev–Trinajstić information content (AvgIpc) is 2.12. The molecule has 0 bridgehead atoms. The van der Waals surface area contributed by atoms with Crippen LogP contribution in [0.3, 0.4) is 0 Å². The second-order valence-corrected chi connectivity index (χ2v) is 4.10. The minimum absolute atomic E-state index is 1.11.